The number of hydrogen-bond donors (Lipinski definition) is 1. The van der Waals surface area contributed by atoms with E-state index in [0.717, 1.165) is 17.4 Å². The lowest BCUT2D eigenvalue weighted by Crippen LogP contribution is -2.10. The van der Waals surface area contributed by atoms with Gasteiger partial charge in [-0.1, -0.05) is 38.1 Å². The van der Waals surface area contributed by atoms with Crippen LogP contribution in [0.1, 0.15) is 26.3 Å². The van der Waals surface area contributed by atoms with Crippen LogP contribution in [0.4, 0.5) is 5.69 Å². The zero-order chi connectivity index (χ0) is 18.9. The van der Waals surface area contributed by atoms with Gasteiger partial charge in [0, 0.05) is 16.8 Å². The lowest BCUT2D eigenvalue weighted by molar-refractivity contribution is 0.432. The van der Waals surface area contributed by atoms with Crippen molar-refractivity contribution in [2.24, 2.45) is 0 Å². The number of sulfonamides is 1. The largest absolute Gasteiger partial charge is 0.334 e. The summed E-state index contributed by atoms with van der Waals surface area (Å²) in [4.78, 5) is 4.43. The van der Waals surface area contributed by atoms with Crippen molar-refractivity contribution in [1.82, 2.24) is 10.1 Å². The van der Waals surface area contributed by atoms with Crippen LogP contribution >= 0.6 is 0 Å². The fourth-order valence-corrected chi connectivity index (χ4v) is 3.04. The summed E-state index contributed by atoms with van der Waals surface area (Å²) in [6.45, 7) is 6.49. The van der Waals surface area contributed by atoms with E-state index in [1.165, 1.54) is 5.56 Å². The summed E-state index contributed by atoms with van der Waals surface area (Å²) < 4.78 is 30.3. The molecule has 0 aliphatic carbocycles. The second-order valence-electron chi connectivity index (χ2n) is 7.20. The first-order valence-electron chi connectivity index (χ1n) is 8.15. The van der Waals surface area contributed by atoms with Crippen LogP contribution in [0.5, 0.6) is 0 Å². The highest BCUT2D eigenvalue weighted by Gasteiger charge is 2.15. The minimum absolute atomic E-state index is 0.0836. The fourth-order valence-electron chi connectivity index (χ4n) is 2.47. The number of hydrogen-bond acceptors (Lipinski definition) is 5. The highest BCUT2D eigenvalue weighted by molar-refractivity contribution is 7.92. The maximum absolute atomic E-state index is 11.3. The van der Waals surface area contributed by atoms with Gasteiger partial charge in [0.25, 0.3) is 5.89 Å². The molecule has 0 amide bonds. The van der Waals surface area contributed by atoms with Gasteiger partial charge in [0.15, 0.2) is 0 Å². The molecule has 0 radical (unpaired) electrons. The molecule has 26 heavy (non-hydrogen) atoms. The SMILES string of the molecule is CC(C)(C)c1ccc(-c2nc(-c3ccc(NS(C)(=O)=O)cc3)no2)cc1. The number of nitrogens with zero attached hydrogens (tertiary/aromatic N) is 2. The predicted molar refractivity (Wildman–Crippen MR) is 102 cm³/mol. The molecule has 1 aromatic heterocycles. The highest BCUT2D eigenvalue weighted by atomic mass is 32.2. The lowest BCUT2D eigenvalue weighted by atomic mass is 9.87. The van der Waals surface area contributed by atoms with Crippen LogP contribution in [-0.4, -0.2) is 24.8 Å². The van der Waals surface area contributed by atoms with Crippen LogP contribution in [-0.2, 0) is 15.4 Å². The van der Waals surface area contributed by atoms with Crippen molar-refractivity contribution in [3.05, 3.63) is 54.1 Å². The third-order valence-electron chi connectivity index (χ3n) is 3.87. The molecule has 0 fully saturated rings. The molecule has 0 unspecified atom stereocenters. The van der Waals surface area contributed by atoms with Gasteiger partial charge in [0.05, 0.1) is 6.26 Å². The molecular weight excluding hydrogens is 350 g/mol. The van der Waals surface area contributed by atoms with Crippen LogP contribution < -0.4 is 4.72 Å². The Kier molecular flexibility index (Phi) is 4.58. The van der Waals surface area contributed by atoms with Crippen LogP contribution in [0.25, 0.3) is 22.8 Å². The Morgan fingerprint density at radius 2 is 1.50 bits per heavy atom. The van der Waals surface area contributed by atoms with Gasteiger partial charge >= 0.3 is 0 Å². The van der Waals surface area contributed by atoms with E-state index in [1.807, 2.05) is 12.1 Å². The third-order valence-corrected chi connectivity index (χ3v) is 4.48. The van der Waals surface area contributed by atoms with Gasteiger partial charge in [-0.25, -0.2) is 8.42 Å². The minimum Gasteiger partial charge on any atom is -0.334 e. The van der Waals surface area contributed by atoms with Gasteiger partial charge in [-0.15, -0.1) is 0 Å². The lowest BCUT2D eigenvalue weighted by Gasteiger charge is -2.18. The maximum Gasteiger partial charge on any atom is 0.258 e. The van der Waals surface area contributed by atoms with Crippen molar-refractivity contribution < 1.29 is 12.9 Å². The van der Waals surface area contributed by atoms with Crippen LogP contribution in [0, 0.1) is 0 Å². The van der Waals surface area contributed by atoms with E-state index in [1.54, 1.807) is 24.3 Å². The number of aromatic nitrogens is 2. The molecular formula is C19H21N3O3S. The second-order valence-corrected chi connectivity index (χ2v) is 8.95. The number of anilines is 1. The Hall–Kier alpha value is -2.67. The zero-order valence-corrected chi connectivity index (χ0v) is 16.0. The summed E-state index contributed by atoms with van der Waals surface area (Å²) in [7, 11) is -3.30. The summed E-state index contributed by atoms with van der Waals surface area (Å²) >= 11 is 0. The number of benzene rings is 2. The van der Waals surface area contributed by atoms with Gasteiger partial charge < -0.3 is 4.52 Å². The molecule has 1 heterocycles. The molecule has 0 saturated carbocycles. The van der Waals surface area contributed by atoms with Crippen molar-refractivity contribution in [3.63, 3.8) is 0 Å². The molecule has 0 spiro atoms. The van der Waals surface area contributed by atoms with Crippen molar-refractivity contribution >= 4 is 15.7 Å². The van der Waals surface area contributed by atoms with E-state index < -0.39 is 10.0 Å². The topological polar surface area (TPSA) is 85.1 Å². The van der Waals surface area contributed by atoms with Gasteiger partial charge in [-0.2, -0.15) is 4.98 Å². The maximum atomic E-state index is 11.3. The Bertz CT molecular complexity index is 999. The summed E-state index contributed by atoms with van der Waals surface area (Å²) in [6.07, 6.45) is 1.11. The molecule has 1 N–H and O–H groups in total. The molecule has 0 aliphatic heterocycles. The first-order valence-corrected chi connectivity index (χ1v) is 10.0. The van der Waals surface area contributed by atoms with Crippen LogP contribution in [0.2, 0.25) is 0 Å². The fraction of sp³-hybridized carbons (Fsp3) is 0.263. The predicted octanol–water partition coefficient (Wildman–Crippen LogP) is 4.07. The van der Waals surface area contributed by atoms with Gasteiger partial charge in [0.1, 0.15) is 0 Å². The molecule has 0 bridgehead atoms. The van der Waals surface area contributed by atoms with E-state index in [9.17, 15) is 8.42 Å². The first kappa shape index (κ1) is 18.1. The monoisotopic (exact) mass is 371 g/mol. The van der Waals surface area contributed by atoms with E-state index >= 15 is 0 Å². The van der Waals surface area contributed by atoms with Gasteiger partial charge in [0.2, 0.25) is 15.8 Å². The molecule has 0 atom stereocenters. The molecule has 0 saturated heterocycles. The van der Waals surface area contributed by atoms with Crippen molar-refractivity contribution in [2.45, 2.75) is 26.2 Å². The Balaban J connectivity index is 1.81. The molecule has 3 rings (SSSR count). The minimum atomic E-state index is -3.30. The molecule has 6 nitrogen and oxygen atoms in total. The average Bonchev–Trinajstić information content (AvgIpc) is 3.03. The summed E-state index contributed by atoms with van der Waals surface area (Å²) in [5.41, 5.74) is 3.39. The second kappa shape index (κ2) is 6.57. The third kappa shape index (κ3) is 4.29. The first-order chi connectivity index (χ1) is 12.1. The van der Waals surface area contributed by atoms with E-state index in [2.05, 4.69) is 47.8 Å². The van der Waals surface area contributed by atoms with Crippen molar-refractivity contribution in [3.8, 4) is 22.8 Å². The number of nitrogens with one attached hydrogen (secondary N) is 1. The Morgan fingerprint density at radius 1 is 0.923 bits per heavy atom. The molecule has 136 valence electrons. The molecule has 2 aromatic carbocycles. The average molecular weight is 371 g/mol. The number of rotatable bonds is 4. The van der Waals surface area contributed by atoms with Crippen LogP contribution in [0.3, 0.4) is 0 Å². The Labute approximate surface area is 153 Å². The van der Waals surface area contributed by atoms with E-state index in [0.29, 0.717) is 17.4 Å². The van der Waals surface area contributed by atoms with Crippen molar-refractivity contribution in [2.75, 3.05) is 11.0 Å². The molecule has 7 heteroatoms. The Morgan fingerprint density at radius 3 is 2.04 bits per heavy atom. The van der Waals surface area contributed by atoms with E-state index in [4.69, 9.17) is 4.52 Å². The zero-order valence-electron chi connectivity index (χ0n) is 15.1. The van der Waals surface area contributed by atoms with Gasteiger partial charge in [-0.3, -0.25) is 4.72 Å². The standard InChI is InChI=1S/C19H21N3O3S/c1-19(2,3)15-9-5-14(6-10-15)18-20-17(21-25-18)13-7-11-16(12-8-13)22-26(4,23)24/h5-12,22H,1-4H3. The van der Waals surface area contributed by atoms with E-state index in [-0.39, 0.29) is 5.41 Å². The van der Waals surface area contributed by atoms with Gasteiger partial charge in [-0.05, 0) is 47.4 Å². The highest BCUT2D eigenvalue weighted by Crippen LogP contribution is 2.27. The van der Waals surface area contributed by atoms with Crippen molar-refractivity contribution in [1.29, 1.82) is 0 Å². The summed E-state index contributed by atoms with van der Waals surface area (Å²) in [5, 5.41) is 4.01. The smallest absolute Gasteiger partial charge is 0.258 e. The molecule has 3 aromatic rings. The quantitative estimate of drug-likeness (QED) is 0.747. The summed E-state index contributed by atoms with van der Waals surface area (Å²) in [6, 6.07) is 14.9. The summed E-state index contributed by atoms with van der Waals surface area (Å²) in [5.74, 6) is 0.893. The van der Waals surface area contributed by atoms with Crippen LogP contribution in [0.15, 0.2) is 53.1 Å². The normalized spacial score (nSPS) is 12.2. The molecule has 0 aliphatic rings.